The average Bonchev–Trinajstić information content (AvgIpc) is 2.78. The van der Waals surface area contributed by atoms with Gasteiger partial charge in [0.2, 0.25) is 11.8 Å². The fraction of sp³-hybridized carbons (Fsp3) is 0.538. The van der Waals surface area contributed by atoms with Gasteiger partial charge in [-0.05, 0) is 23.8 Å². The summed E-state index contributed by atoms with van der Waals surface area (Å²) in [7, 11) is 0. The summed E-state index contributed by atoms with van der Waals surface area (Å²) in [5.41, 5.74) is 0. The fourth-order valence-electron chi connectivity index (χ4n) is 1.63. The van der Waals surface area contributed by atoms with Crippen LogP contribution in [0.5, 0.6) is 0 Å². The topological polar surface area (TPSA) is 58.2 Å². The Hall–Kier alpha value is -1.36. The Morgan fingerprint density at radius 2 is 2.11 bits per heavy atom. The largest absolute Gasteiger partial charge is 0.354 e. The van der Waals surface area contributed by atoms with Gasteiger partial charge in [0.1, 0.15) is 6.04 Å². The monoisotopic (exact) mass is 268 g/mol. The lowest BCUT2D eigenvalue weighted by atomic mass is 10.0. The van der Waals surface area contributed by atoms with Crippen molar-refractivity contribution in [3.8, 4) is 0 Å². The van der Waals surface area contributed by atoms with E-state index >= 15 is 0 Å². The van der Waals surface area contributed by atoms with E-state index in [9.17, 15) is 9.59 Å². The van der Waals surface area contributed by atoms with Crippen LogP contribution in [0.2, 0.25) is 0 Å². The van der Waals surface area contributed by atoms with Gasteiger partial charge >= 0.3 is 0 Å². The van der Waals surface area contributed by atoms with Crippen molar-refractivity contribution >= 4 is 23.2 Å². The molecule has 1 atom stereocenters. The number of hydrogen-bond acceptors (Lipinski definition) is 3. The Labute approximate surface area is 112 Å². The summed E-state index contributed by atoms with van der Waals surface area (Å²) < 4.78 is 0. The van der Waals surface area contributed by atoms with Crippen molar-refractivity contribution in [1.29, 1.82) is 0 Å². The van der Waals surface area contributed by atoms with Crippen LogP contribution in [0.4, 0.5) is 0 Å². The molecular formula is C13H20N2O2S. The first-order chi connectivity index (χ1) is 8.50. The Bertz CT molecular complexity index is 388. The van der Waals surface area contributed by atoms with Crippen molar-refractivity contribution in [3.63, 3.8) is 0 Å². The predicted molar refractivity (Wildman–Crippen MR) is 73.5 cm³/mol. The number of thiophene rings is 1. The SMILES string of the molecule is CC(=O)N[C@H](C(=O)NCCc1cccs1)C(C)C. The third kappa shape index (κ3) is 4.87. The molecule has 2 N–H and O–H groups in total. The van der Waals surface area contributed by atoms with Crippen LogP contribution in [0.25, 0.3) is 0 Å². The number of carbonyl (C=O) groups excluding carboxylic acids is 2. The molecule has 5 heteroatoms. The molecule has 1 rings (SSSR count). The van der Waals surface area contributed by atoms with E-state index < -0.39 is 6.04 Å². The van der Waals surface area contributed by atoms with Crippen LogP contribution in [0, 0.1) is 5.92 Å². The first-order valence-corrected chi connectivity index (χ1v) is 6.96. The summed E-state index contributed by atoms with van der Waals surface area (Å²) in [6.07, 6.45) is 0.828. The second kappa shape index (κ2) is 7.16. The van der Waals surface area contributed by atoms with Crippen molar-refractivity contribution in [2.75, 3.05) is 6.54 Å². The first kappa shape index (κ1) is 14.7. The molecule has 1 aromatic heterocycles. The highest BCUT2D eigenvalue weighted by Crippen LogP contribution is 2.08. The van der Waals surface area contributed by atoms with Crippen LogP contribution in [-0.2, 0) is 16.0 Å². The highest BCUT2D eigenvalue weighted by molar-refractivity contribution is 7.09. The molecule has 0 aliphatic heterocycles. The van der Waals surface area contributed by atoms with E-state index in [0.29, 0.717) is 6.54 Å². The maximum Gasteiger partial charge on any atom is 0.242 e. The summed E-state index contributed by atoms with van der Waals surface area (Å²) >= 11 is 1.68. The molecule has 18 heavy (non-hydrogen) atoms. The van der Waals surface area contributed by atoms with Crippen molar-refractivity contribution in [2.45, 2.75) is 33.2 Å². The van der Waals surface area contributed by atoms with Crippen LogP contribution < -0.4 is 10.6 Å². The molecule has 0 radical (unpaired) electrons. The van der Waals surface area contributed by atoms with Gasteiger partial charge in [0, 0.05) is 18.3 Å². The Morgan fingerprint density at radius 3 is 2.61 bits per heavy atom. The van der Waals surface area contributed by atoms with Crippen molar-refractivity contribution in [2.24, 2.45) is 5.92 Å². The maximum absolute atomic E-state index is 11.9. The smallest absolute Gasteiger partial charge is 0.242 e. The number of rotatable bonds is 6. The molecule has 0 aliphatic carbocycles. The lowest BCUT2D eigenvalue weighted by Gasteiger charge is -2.20. The lowest BCUT2D eigenvalue weighted by molar-refractivity contribution is -0.129. The molecule has 0 spiro atoms. The molecular weight excluding hydrogens is 248 g/mol. The molecule has 4 nitrogen and oxygen atoms in total. The second-order valence-corrected chi connectivity index (χ2v) is 5.57. The van der Waals surface area contributed by atoms with Gasteiger partial charge in [-0.1, -0.05) is 19.9 Å². The van der Waals surface area contributed by atoms with Gasteiger partial charge in [0.15, 0.2) is 0 Å². The van der Waals surface area contributed by atoms with Gasteiger partial charge < -0.3 is 10.6 Å². The molecule has 0 bridgehead atoms. The average molecular weight is 268 g/mol. The highest BCUT2D eigenvalue weighted by Gasteiger charge is 2.22. The molecule has 0 aliphatic rings. The zero-order valence-corrected chi connectivity index (χ0v) is 11.8. The minimum Gasteiger partial charge on any atom is -0.354 e. The molecule has 0 fully saturated rings. The minimum absolute atomic E-state index is 0.0793. The molecule has 1 heterocycles. The van der Waals surface area contributed by atoms with E-state index in [2.05, 4.69) is 10.6 Å². The Balaban J connectivity index is 2.39. The van der Waals surface area contributed by atoms with E-state index in [1.54, 1.807) is 11.3 Å². The third-order valence-corrected chi connectivity index (χ3v) is 3.49. The van der Waals surface area contributed by atoms with Gasteiger partial charge in [-0.15, -0.1) is 11.3 Å². The standard InChI is InChI=1S/C13H20N2O2S/c1-9(2)12(15-10(3)16)13(17)14-7-6-11-5-4-8-18-11/h4-5,8-9,12H,6-7H2,1-3H3,(H,14,17)(H,15,16)/t12-/m0/s1. The quantitative estimate of drug-likeness (QED) is 0.822. The maximum atomic E-state index is 11.9. The zero-order valence-electron chi connectivity index (χ0n) is 11.0. The molecule has 2 amide bonds. The summed E-state index contributed by atoms with van der Waals surface area (Å²) in [5.74, 6) is -0.213. The molecule has 100 valence electrons. The predicted octanol–water partition coefficient (Wildman–Crippen LogP) is 1.57. The van der Waals surface area contributed by atoms with Gasteiger partial charge in [-0.3, -0.25) is 9.59 Å². The van der Waals surface area contributed by atoms with E-state index in [1.165, 1.54) is 11.8 Å². The number of carbonyl (C=O) groups is 2. The molecule has 0 saturated carbocycles. The van der Waals surface area contributed by atoms with Crippen molar-refractivity contribution < 1.29 is 9.59 Å². The van der Waals surface area contributed by atoms with Gasteiger partial charge in [0.05, 0.1) is 0 Å². The zero-order chi connectivity index (χ0) is 13.5. The van der Waals surface area contributed by atoms with Crippen LogP contribution >= 0.6 is 11.3 Å². The molecule has 0 aromatic carbocycles. The summed E-state index contributed by atoms with van der Waals surface area (Å²) in [6, 6.07) is 3.59. The summed E-state index contributed by atoms with van der Waals surface area (Å²) in [5, 5.41) is 7.55. The summed E-state index contributed by atoms with van der Waals surface area (Å²) in [4.78, 5) is 24.2. The third-order valence-electron chi connectivity index (χ3n) is 2.56. The van der Waals surface area contributed by atoms with Crippen LogP contribution in [-0.4, -0.2) is 24.4 Å². The normalized spacial score (nSPS) is 12.2. The lowest BCUT2D eigenvalue weighted by Crippen LogP contribution is -2.49. The molecule has 1 aromatic rings. The van der Waals surface area contributed by atoms with E-state index in [-0.39, 0.29) is 17.7 Å². The van der Waals surface area contributed by atoms with Gasteiger partial charge in [-0.2, -0.15) is 0 Å². The highest BCUT2D eigenvalue weighted by atomic mass is 32.1. The van der Waals surface area contributed by atoms with Crippen LogP contribution in [0.3, 0.4) is 0 Å². The van der Waals surface area contributed by atoms with E-state index in [0.717, 1.165) is 6.42 Å². The molecule has 0 unspecified atom stereocenters. The number of hydrogen-bond donors (Lipinski definition) is 2. The van der Waals surface area contributed by atoms with Gasteiger partial charge in [0.25, 0.3) is 0 Å². The van der Waals surface area contributed by atoms with Crippen LogP contribution in [0.15, 0.2) is 17.5 Å². The second-order valence-electron chi connectivity index (χ2n) is 4.54. The number of nitrogens with one attached hydrogen (secondary N) is 2. The van der Waals surface area contributed by atoms with Crippen LogP contribution in [0.1, 0.15) is 25.6 Å². The Morgan fingerprint density at radius 1 is 1.39 bits per heavy atom. The summed E-state index contributed by atoms with van der Waals surface area (Å²) in [6.45, 7) is 5.86. The molecule has 0 saturated heterocycles. The van der Waals surface area contributed by atoms with Crippen molar-refractivity contribution in [3.05, 3.63) is 22.4 Å². The van der Waals surface area contributed by atoms with Gasteiger partial charge in [-0.25, -0.2) is 0 Å². The van der Waals surface area contributed by atoms with Crippen molar-refractivity contribution in [1.82, 2.24) is 10.6 Å². The van der Waals surface area contributed by atoms with E-state index in [4.69, 9.17) is 0 Å². The number of amides is 2. The van der Waals surface area contributed by atoms with E-state index in [1.807, 2.05) is 31.4 Å². The Kier molecular flexibility index (Phi) is 5.85. The minimum atomic E-state index is -0.453. The fourth-order valence-corrected chi connectivity index (χ4v) is 2.34. The first-order valence-electron chi connectivity index (χ1n) is 6.08.